The van der Waals surface area contributed by atoms with Crippen molar-refractivity contribution in [1.82, 2.24) is 0 Å². The van der Waals surface area contributed by atoms with Gasteiger partial charge in [0.25, 0.3) is 0 Å². The van der Waals surface area contributed by atoms with Gasteiger partial charge in [-0.25, -0.2) is 0 Å². The third kappa shape index (κ3) is 4.56. The Morgan fingerprint density at radius 1 is 1.88 bits per heavy atom. The predicted octanol–water partition coefficient (Wildman–Crippen LogP) is 1.59. The highest BCUT2D eigenvalue weighted by molar-refractivity contribution is 8.72. The molecule has 3 heteroatoms. The van der Waals surface area contributed by atoms with Crippen LogP contribution in [0.1, 0.15) is 6.92 Å². The average molecular weight is 150 g/mol. The molecule has 0 spiro atoms. The summed E-state index contributed by atoms with van der Waals surface area (Å²) in [5.74, 6) is 1.53. The molecule has 1 atom stereocenters. The van der Waals surface area contributed by atoms with E-state index in [4.69, 9.17) is 0 Å². The molecule has 0 saturated carbocycles. The maximum Gasteiger partial charge on any atom is 0.135 e. The van der Waals surface area contributed by atoms with E-state index in [-0.39, 0.29) is 0 Å². The molecule has 0 aromatic rings. The van der Waals surface area contributed by atoms with Gasteiger partial charge in [0.2, 0.25) is 0 Å². The topological polar surface area (TPSA) is 23.1 Å². The van der Waals surface area contributed by atoms with Gasteiger partial charge in [0.05, 0.1) is 10.8 Å². The summed E-state index contributed by atoms with van der Waals surface area (Å²) in [6, 6.07) is 0. The molecule has 0 radical (unpaired) electrons. The van der Waals surface area contributed by atoms with Crippen molar-refractivity contribution in [3.8, 4) is 0 Å². The van der Waals surface area contributed by atoms with Crippen LogP contribution in [0.2, 0.25) is 0 Å². The van der Waals surface area contributed by atoms with Gasteiger partial charge in [-0.15, -0.1) is 0 Å². The van der Waals surface area contributed by atoms with Gasteiger partial charge in [0.1, 0.15) is 5.75 Å². The fourth-order valence-corrected chi connectivity index (χ4v) is 2.19. The van der Waals surface area contributed by atoms with Gasteiger partial charge >= 0.3 is 0 Å². The van der Waals surface area contributed by atoms with Gasteiger partial charge < -0.3 is 4.55 Å². The second-order valence-corrected chi connectivity index (χ2v) is 4.74. The van der Waals surface area contributed by atoms with Gasteiger partial charge in [-0.2, -0.15) is 0 Å². The normalized spacial score (nSPS) is 13.2. The highest BCUT2D eigenvalue weighted by atomic mass is 33.1. The van der Waals surface area contributed by atoms with E-state index in [1.54, 1.807) is 6.08 Å². The lowest BCUT2D eigenvalue weighted by Gasteiger charge is -2.01. The molecule has 0 rings (SSSR count). The molecule has 0 aliphatic carbocycles. The van der Waals surface area contributed by atoms with Crippen molar-refractivity contribution < 1.29 is 4.55 Å². The molecule has 0 fully saturated rings. The van der Waals surface area contributed by atoms with Gasteiger partial charge in [-0.05, 0) is 6.08 Å². The second kappa shape index (κ2) is 5.54. The smallest absolute Gasteiger partial charge is 0.135 e. The van der Waals surface area contributed by atoms with Crippen molar-refractivity contribution in [2.24, 2.45) is 0 Å². The molecule has 1 nitrogen and oxygen atoms in total. The molecule has 0 saturated heterocycles. The first-order valence-electron chi connectivity index (χ1n) is 2.43. The Morgan fingerprint density at radius 3 is 2.88 bits per heavy atom. The summed E-state index contributed by atoms with van der Waals surface area (Å²) in [5, 5.41) is 0. The fourth-order valence-electron chi connectivity index (χ4n) is 0.276. The molecule has 0 bridgehead atoms. The number of hydrogen-bond donors (Lipinski definition) is 0. The first-order chi connectivity index (χ1) is 3.81. The molecule has 8 heavy (non-hydrogen) atoms. The highest BCUT2D eigenvalue weighted by Crippen LogP contribution is 2.11. The zero-order chi connectivity index (χ0) is 6.41. The standard InChI is InChI=1S/C5H10OS2/c1-3-5-8(6)7-4-2/h3H,1,4-5H2,2H3. The molecule has 1 unspecified atom stereocenters. The Labute approximate surface area is 57.1 Å². The van der Waals surface area contributed by atoms with Crippen molar-refractivity contribution >= 4 is 21.0 Å². The molecule has 0 aromatic heterocycles. The van der Waals surface area contributed by atoms with Gasteiger partial charge in [-0.1, -0.05) is 13.5 Å². The van der Waals surface area contributed by atoms with E-state index < -0.39 is 10.2 Å². The summed E-state index contributed by atoms with van der Waals surface area (Å²) >= 11 is 0. The minimum absolute atomic E-state index is 0.610. The van der Waals surface area contributed by atoms with Gasteiger partial charge in [0, 0.05) is 16.0 Å². The maximum absolute atomic E-state index is 10.6. The second-order valence-electron chi connectivity index (χ2n) is 1.17. The fraction of sp³-hybridized carbons (Fsp3) is 0.600. The Hall–Kier alpha value is 0.400. The Kier molecular flexibility index (Phi) is 5.81. The molecule has 0 N–H and O–H groups in total. The molecule has 0 heterocycles. The minimum atomic E-state index is -0.721. The van der Waals surface area contributed by atoms with Gasteiger partial charge in [0.15, 0.2) is 0 Å². The quantitative estimate of drug-likeness (QED) is 0.345. The molecule has 48 valence electrons. The van der Waals surface area contributed by atoms with Crippen molar-refractivity contribution in [3.05, 3.63) is 12.7 Å². The maximum atomic E-state index is 10.6. The number of rotatable bonds is 4. The van der Waals surface area contributed by atoms with E-state index in [0.29, 0.717) is 5.75 Å². The third-order valence-electron chi connectivity index (χ3n) is 0.503. The zero-order valence-electron chi connectivity index (χ0n) is 4.92. The van der Waals surface area contributed by atoms with Crippen LogP contribution in [0.3, 0.4) is 0 Å². The largest absolute Gasteiger partial charge is 0.605 e. The third-order valence-corrected chi connectivity index (χ3v) is 3.41. The van der Waals surface area contributed by atoms with Crippen molar-refractivity contribution in [2.45, 2.75) is 6.92 Å². The van der Waals surface area contributed by atoms with E-state index in [1.165, 1.54) is 10.8 Å². The van der Waals surface area contributed by atoms with Crippen LogP contribution in [-0.2, 0) is 10.2 Å². The summed E-state index contributed by atoms with van der Waals surface area (Å²) in [5.41, 5.74) is 0. The summed E-state index contributed by atoms with van der Waals surface area (Å²) in [4.78, 5) is 0. The van der Waals surface area contributed by atoms with Crippen LogP contribution in [0.15, 0.2) is 12.7 Å². The van der Waals surface area contributed by atoms with Crippen LogP contribution in [0.5, 0.6) is 0 Å². The summed E-state index contributed by atoms with van der Waals surface area (Å²) in [6.45, 7) is 5.47. The Balaban J connectivity index is 3.03. The van der Waals surface area contributed by atoms with E-state index in [0.717, 1.165) is 5.75 Å². The van der Waals surface area contributed by atoms with Crippen LogP contribution in [0, 0.1) is 0 Å². The van der Waals surface area contributed by atoms with E-state index in [2.05, 4.69) is 6.58 Å². The van der Waals surface area contributed by atoms with Crippen LogP contribution >= 0.6 is 10.8 Å². The molecule has 0 amide bonds. The zero-order valence-corrected chi connectivity index (χ0v) is 6.56. The molecular formula is C5H10OS2. The van der Waals surface area contributed by atoms with Gasteiger partial charge in [-0.3, -0.25) is 0 Å². The van der Waals surface area contributed by atoms with E-state index in [9.17, 15) is 4.55 Å². The Morgan fingerprint density at radius 2 is 2.50 bits per heavy atom. The lowest BCUT2D eigenvalue weighted by atomic mass is 10.8. The SMILES string of the molecule is C=CC[S+]([O-])SCC. The van der Waals surface area contributed by atoms with Crippen LogP contribution in [-0.4, -0.2) is 16.1 Å². The molecule has 0 aliphatic rings. The molecule has 0 aliphatic heterocycles. The van der Waals surface area contributed by atoms with Crippen molar-refractivity contribution in [1.29, 1.82) is 0 Å². The summed E-state index contributed by atoms with van der Waals surface area (Å²) < 4.78 is 10.6. The minimum Gasteiger partial charge on any atom is -0.605 e. The highest BCUT2D eigenvalue weighted by Gasteiger charge is 2.00. The summed E-state index contributed by atoms with van der Waals surface area (Å²) in [6.07, 6.45) is 1.68. The lowest BCUT2D eigenvalue weighted by molar-refractivity contribution is 0.612. The lowest BCUT2D eigenvalue weighted by Crippen LogP contribution is -1.97. The van der Waals surface area contributed by atoms with Crippen LogP contribution < -0.4 is 0 Å². The van der Waals surface area contributed by atoms with E-state index >= 15 is 0 Å². The van der Waals surface area contributed by atoms with Crippen LogP contribution in [0.25, 0.3) is 0 Å². The summed E-state index contributed by atoms with van der Waals surface area (Å²) in [7, 11) is 0.735. The first-order valence-corrected chi connectivity index (χ1v) is 5.26. The monoisotopic (exact) mass is 150 g/mol. The number of hydrogen-bond acceptors (Lipinski definition) is 2. The molecule has 0 aromatic carbocycles. The van der Waals surface area contributed by atoms with Crippen molar-refractivity contribution in [2.75, 3.05) is 11.5 Å². The molecular weight excluding hydrogens is 140 g/mol. The van der Waals surface area contributed by atoms with E-state index in [1.807, 2.05) is 6.92 Å². The predicted molar refractivity (Wildman–Crippen MR) is 41.3 cm³/mol. The Bertz CT molecular complexity index is 65.4. The average Bonchev–Trinajstić information content (AvgIpc) is 1.68. The van der Waals surface area contributed by atoms with Crippen molar-refractivity contribution in [3.63, 3.8) is 0 Å². The van der Waals surface area contributed by atoms with Crippen LogP contribution in [0.4, 0.5) is 0 Å². The first kappa shape index (κ1) is 8.40.